The van der Waals surface area contributed by atoms with Crippen LogP contribution in [-0.4, -0.2) is 18.9 Å². The molecule has 29 heavy (non-hydrogen) atoms. The van der Waals surface area contributed by atoms with E-state index in [0.29, 0.717) is 36.9 Å². The van der Waals surface area contributed by atoms with E-state index in [2.05, 4.69) is 20.9 Å². The highest BCUT2D eigenvalue weighted by Gasteiger charge is 2.07. The summed E-state index contributed by atoms with van der Waals surface area (Å²) in [5.74, 6) is 0.889. The molecule has 0 spiro atoms. The highest BCUT2D eigenvalue weighted by atomic mass is 19.1. The zero-order chi connectivity index (χ0) is 20.5. The molecule has 3 aromatic rings. The number of nitrogens with zero attached hydrogens (tertiary/aromatic N) is 1. The molecule has 0 fully saturated rings. The van der Waals surface area contributed by atoms with Crippen LogP contribution in [0, 0.1) is 5.82 Å². The van der Waals surface area contributed by atoms with Gasteiger partial charge >= 0.3 is 0 Å². The maximum atomic E-state index is 13.0. The van der Waals surface area contributed by atoms with E-state index < -0.39 is 0 Å². The second-order valence-corrected chi connectivity index (χ2v) is 6.37. The molecule has 0 aliphatic heterocycles. The van der Waals surface area contributed by atoms with Crippen LogP contribution < -0.4 is 16.0 Å². The molecule has 0 saturated heterocycles. The molecular weight excluding hydrogens is 371 g/mol. The normalized spacial score (nSPS) is 11.2. The Morgan fingerprint density at radius 3 is 2.38 bits per heavy atom. The Kier molecular flexibility index (Phi) is 7.00. The van der Waals surface area contributed by atoms with E-state index in [0.717, 1.165) is 11.1 Å². The van der Waals surface area contributed by atoms with Gasteiger partial charge in [0.05, 0.1) is 12.8 Å². The minimum Gasteiger partial charge on any atom is -0.467 e. The van der Waals surface area contributed by atoms with Gasteiger partial charge in [-0.25, -0.2) is 4.39 Å². The van der Waals surface area contributed by atoms with Crippen molar-refractivity contribution < 1.29 is 13.6 Å². The highest BCUT2D eigenvalue weighted by molar-refractivity contribution is 5.94. The SMILES string of the molecule is CN=C(NCc1ccc(F)cc1)NCc1cccc(C(=O)NCc2ccco2)c1. The summed E-state index contributed by atoms with van der Waals surface area (Å²) in [6.07, 6.45) is 1.57. The number of guanidine groups is 1. The standard InChI is InChI=1S/C22H23FN4O2/c1-24-22(26-13-16-7-9-19(23)10-8-16)27-14-17-4-2-5-18(12-17)21(28)25-15-20-6-3-11-29-20/h2-12H,13-15H2,1H3,(H,25,28)(H2,24,26,27). The summed E-state index contributed by atoms with van der Waals surface area (Å²) in [5.41, 5.74) is 2.47. The van der Waals surface area contributed by atoms with Crippen LogP contribution in [-0.2, 0) is 19.6 Å². The summed E-state index contributed by atoms with van der Waals surface area (Å²) in [7, 11) is 1.68. The molecule has 0 bridgehead atoms. The molecule has 150 valence electrons. The number of amides is 1. The maximum absolute atomic E-state index is 13.0. The van der Waals surface area contributed by atoms with Crippen molar-refractivity contribution in [2.24, 2.45) is 4.99 Å². The third-order valence-electron chi connectivity index (χ3n) is 4.25. The predicted molar refractivity (Wildman–Crippen MR) is 110 cm³/mol. The number of hydrogen-bond acceptors (Lipinski definition) is 3. The molecule has 0 atom stereocenters. The molecule has 0 unspecified atom stereocenters. The fourth-order valence-corrected chi connectivity index (χ4v) is 2.70. The van der Waals surface area contributed by atoms with Crippen molar-refractivity contribution in [2.45, 2.75) is 19.6 Å². The first-order valence-electron chi connectivity index (χ1n) is 9.22. The number of furan rings is 1. The molecule has 0 aliphatic rings. The molecule has 3 rings (SSSR count). The number of carbonyl (C=O) groups is 1. The number of benzene rings is 2. The van der Waals surface area contributed by atoms with Gasteiger partial charge < -0.3 is 20.4 Å². The number of nitrogens with one attached hydrogen (secondary N) is 3. The fourth-order valence-electron chi connectivity index (χ4n) is 2.70. The number of rotatable bonds is 7. The molecule has 0 radical (unpaired) electrons. The van der Waals surface area contributed by atoms with Gasteiger partial charge in [-0.1, -0.05) is 24.3 Å². The minimum absolute atomic E-state index is 0.165. The Labute approximate surface area is 168 Å². The Hall–Kier alpha value is -3.61. The second-order valence-electron chi connectivity index (χ2n) is 6.37. The maximum Gasteiger partial charge on any atom is 0.251 e. The summed E-state index contributed by atoms with van der Waals surface area (Å²) < 4.78 is 18.2. The monoisotopic (exact) mass is 394 g/mol. The Balaban J connectivity index is 1.50. The van der Waals surface area contributed by atoms with Gasteiger partial charge in [0.25, 0.3) is 5.91 Å². The minimum atomic E-state index is -0.260. The summed E-state index contributed by atoms with van der Waals surface area (Å²) >= 11 is 0. The summed E-state index contributed by atoms with van der Waals surface area (Å²) in [4.78, 5) is 16.5. The van der Waals surface area contributed by atoms with E-state index in [1.807, 2.05) is 24.3 Å². The molecular formula is C22H23FN4O2. The molecule has 3 N–H and O–H groups in total. The van der Waals surface area contributed by atoms with Crippen molar-refractivity contribution in [1.82, 2.24) is 16.0 Å². The first kappa shape index (κ1) is 20.1. The topological polar surface area (TPSA) is 78.7 Å². The zero-order valence-corrected chi connectivity index (χ0v) is 16.1. The predicted octanol–water partition coefficient (Wildman–Crippen LogP) is 3.21. The molecule has 2 aromatic carbocycles. The van der Waals surface area contributed by atoms with Crippen molar-refractivity contribution >= 4 is 11.9 Å². The number of hydrogen-bond donors (Lipinski definition) is 3. The van der Waals surface area contributed by atoms with Crippen molar-refractivity contribution in [1.29, 1.82) is 0 Å². The van der Waals surface area contributed by atoms with Gasteiger partial charge in [-0.05, 0) is 47.5 Å². The van der Waals surface area contributed by atoms with Crippen LogP contribution in [0.4, 0.5) is 4.39 Å². The van der Waals surface area contributed by atoms with Gasteiger partial charge in [-0.2, -0.15) is 0 Å². The van der Waals surface area contributed by atoms with Gasteiger partial charge in [-0.3, -0.25) is 9.79 Å². The third kappa shape index (κ3) is 6.21. The number of aliphatic imine (C=N–C) groups is 1. The Morgan fingerprint density at radius 2 is 1.69 bits per heavy atom. The van der Waals surface area contributed by atoms with Gasteiger partial charge in [0, 0.05) is 25.7 Å². The van der Waals surface area contributed by atoms with Crippen molar-refractivity contribution in [2.75, 3.05) is 7.05 Å². The lowest BCUT2D eigenvalue weighted by Crippen LogP contribution is -2.36. The molecule has 7 heteroatoms. The van der Waals surface area contributed by atoms with Crippen LogP contribution in [0.1, 0.15) is 27.2 Å². The van der Waals surface area contributed by atoms with E-state index in [9.17, 15) is 9.18 Å². The average molecular weight is 394 g/mol. The van der Waals surface area contributed by atoms with Gasteiger partial charge in [0.2, 0.25) is 0 Å². The molecule has 1 amide bonds. The molecule has 1 heterocycles. The zero-order valence-electron chi connectivity index (χ0n) is 16.1. The average Bonchev–Trinajstić information content (AvgIpc) is 3.27. The van der Waals surface area contributed by atoms with Gasteiger partial charge in [0.1, 0.15) is 11.6 Å². The lowest BCUT2D eigenvalue weighted by atomic mass is 10.1. The van der Waals surface area contributed by atoms with Crippen molar-refractivity contribution in [3.8, 4) is 0 Å². The van der Waals surface area contributed by atoms with E-state index in [1.54, 1.807) is 37.6 Å². The van der Waals surface area contributed by atoms with Crippen LogP contribution in [0.25, 0.3) is 0 Å². The number of halogens is 1. The van der Waals surface area contributed by atoms with Crippen LogP contribution in [0.3, 0.4) is 0 Å². The van der Waals surface area contributed by atoms with Crippen molar-refractivity contribution in [3.63, 3.8) is 0 Å². The summed E-state index contributed by atoms with van der Waals surface area (Å²) in [5, 5.41) is 9.21. The molecule has 0 aliphatic carbocycles. The van der Waals surface area contributed by atoms with E-state index in [-0.39, 0.29) is 11.7 Å². The first-order chi connectivity index (χ1) is 14.1. The van der Waals surface area contributed by atoms with Crippen LogP contribution in [0.15, 0.2) is 76.3 Å². The lowest BCUT2D eigenvalue weighted by molar-refractivity contribution is 0.0948. The second kappa shape index (κ2) is 10.1. The van der Waals surface area contributed by atoms with E-state index in [1.165, 1.54) is 12.1 Å². The van der Waals surface area contributed by atoms with E-state index in [4.69, 9.17) is 4.42 Å². The van der Waals surface area contributed by atoms with Gasteiger partial charge in [-0.15, -0.1) is 0 Å². The van der Waals surface area contributed by atoms with Crippen LogP contribution in [0.5, 0.6) is 0 Å². The quantitative estimate of drug-likeness (QED) is 0.425. The number of carbonyl (C=O) groups excluding carboxylic acids is 1. The molecule has 6 nitrogen and oxygen atoms in total. The largest absolute Gasteiger partial charge is 0.467 e. The van der Waals surface area contributed by atoms with Gasteiger partial charge in [0.15, 0.2) is 5.96 Å². The Morgan fingerprint density at radius 1 is 0.931 bits per heavy atom. The molecule has 0 saturated carbocycles. The molecule has 1 aromatic heterocycles. The lowest BCUT2D eigenvalue weighted by Gasteiger charge is -2.12. The smallest absolute Gasteiger partial charge is 0.251 e. The highest BCUT2D eigenvalue weighted by Crippen LogP contribution is 2.07. The third-order valence-corrected chi connectivity index (χ3v) is 4.25. The Bertz CT molecular complexity index is 953. The summed E-state index contributed by atoms with van der Waals surface area (Å²) in [6.45, 7) is 1.37. The fraction of sp³-hybridized carbons (Fsp3) is 0.182. The summed E-state index contributed by atoms with van der Waals surface area (Å²) in [6, 6.07) is 17.3. The van der Waals surface area contributed by atoms with Crippen molar-refractivity contribution in [3.05, 3.63) is 95.2 Å². The first-order valence-corrected chi connectivity index (χ1v) is 9.22. The van der Waals surface area contributed by atoms with Crippen LogP contribution >= 0.6 is 0 Å². The van der Waals surface area contributed by atoms with Crippen LogP contribution in [0.2, 0.25) is 0 Å². The van der Waals surface area contributed by atoms with E-state index >= 15 is 0 Å².